The van der Waals surface area contributed by atoms with Gasteiger partial charge in [-0.2, -0.15) is 0 Å². The lowest BCUT2D eigenvalue weighted by Gasteiger charge is -2.11. The van der Waals surface area contributed by atoms with Crippen molar-refractivity contribution in [2.75, 3.05) is 18.2 Å². The van der Waals surface area contributed by atoms with Crippen molar-refractivity contribution in [2.24, 2.45) is 0 Å². The van der Waals surface area contributed by atoms with Crippen LogP contribution in [0.15, 0.2) is 42.5 Å². The van der Waals surface area contributed by atoms with Crippen molar-refractivity contribution in [3.63, 3.8) is 0 Å². The summed E-state index contributed by atoms with van der Waals surface area (Å²) >= 11 is 1.32. The third-order valence-electron chi connectivity index (χ3n) is 3.49. The number of thioether (sulfide) groups is 1. The molecule has 0 atom stereocenters. The van der Waals surface area contributed by atoms with Crippen LogP contribution in [0.25, 0.3) is 0 Å². The Hall–Kier alpha value is -2.47. The molecule has 5 nitrogen and oxygen atoms in total. The molecule has 25 heavy (non-hydrogen) atoms. The zero-order chi connectivity index (χ0) is 18.2. The molecule has 2 N–H and O–H groups in total. The van der Waals surface area contributed by atoms with Gasteiger partial charge in [-0.15, -0.1) is 11.8 Å². The van der Waals surface area contributed by atoms with Gasteiger partial charge in [-0.1, -0.05) is 29.8 Å². The summed E-state index contributed by atoms with van der Waals surface area (Å²) in [6.45, 7) is 1.97. The van der Waals surface area contributed by atoms with E-state index in [9.17, 15) is 9.59 Å². The van der Waals surface area contributed by atoms with E-state index in [-0.39, 0.29) is 18.1 Å². The number of carboxylic acids is 1. The van der Waals surface area contributed by atoms with E-state index in [0.717, 1.165) is 16.7 Å². The van der Waals surface area contributed by atoms with Gasteiger partial charge < -0.3 is 15.2 Å². The number of amides is 1. The van der Waals surface area contributed by atoms with Crippen LogP contribution in [-0.2, 0) is 21.8 Å². The third kappa shape index (κ3) is 6.15. The summed E-state index contributed by atoms with van der Waals surface area (Å²) in [5, 5.41) is 11.6. The fourth-order valence-corrected chi connectivity index (χ4v) is 3.11. The van der Waals surface area contributed by atoms with E-state index in [1.165, 1.54) is 11.8 Å². The summed E-state index contributed by atoms with van der Waals surface area (Å²) in [4.78, 5) is 22.9. The molecule has 0 aliphatic carbocycles. The van der Waals surface area contributed by atoms with Gasteiger partial charge >= 0.3 is 5.97 Å². The Morgan fingerprint density at radius 3 is 2.72 bits per heavy atom. The summed E-state index contributed by atoms with van der Waals surface area (Å²) in [7, 11) is 1.59. The van der Waals surface area contributed by atoms with Crippen LogP contribution in [0.5, 0.6) is 5.75 Å². The number of methoxy groups -OCH3 is 1. The monoisotopic (exact) mass is 359 g/mol. The van der Waals surface area contributed by atoms with E-state index in [4.69, 9.17) is 9.84 Å². The second-order valence-electron chi connectivity index (χ2n) is 5.63. The van der Waals surface area contributed by atoms with Gasteiger partial charge in [-0.3, -0.25) is 9.59 Å². The maximum atomic E-state index is 12.3. The van der Waals surface area contributed by atoms with Crippen LogP contribution in [0.3, 0.4) is 0 Å². The molecule has 0 spiro atoms. The van der Waals surface area contributed by atoms with Gasteiger partial charge in [0.25, 0.3) is 0 Å². The van der Waals surface area contributed by atoms with E-state index >= 15 is 0 Å². The number of carboxylic acid groups (broad SMARTS) is 1. The topological polar surface area (TPSA) is 75.6 Å². The summed E-state index contributed by atoms with van der Waals surface area (Å²) < 4.78 is 5.30. The summed E-state index contributed by atoms with van der Waals surface area (Å²) in [5.74, 6) is 0.381. The van der Waals surface area contributed by atoms with Crippen LogP contribution in [0.4, 0.5) is 5.69 Å². The number of hydrogen-bond acceptors (Lipinski definition) is 4. The number of hydrogen-bond donors (Lipinski definition) is 2. The number of nitrogens with one attached hydrogen (secondary N) is 1. The van der Waals surface area contributed by atoms with Crippen molar-refractivity contribution in [1.29, 1.82) is 0 Å². The number of anilines is 1. The smallest absolute Gasteiger partial charge is 0.313 e. The molecule has 0 unspecified atom stereocenters. The van der Waals surface area contributed by atoms with E-state index in [0.29, 0.717) is 17.2 Å². The Labute approximate surface area is 151 Å². The molecule has 6 heteroatoms. The van der Waals surface area contributed by atoms with Gasteiger partial charge in [0, 0.05) is 17.0 Å². The number of carbonyl (C=O) groups excluding carboxylic acids is 1. The standard InChI is InChI=1S/C19H21NO4S/c1-13-6-7-17(24-2)15(8-13)10-18(21)20-16-5-3-4-14(9-16)11-25-12-19(22)23/h3-9H,10-12H2,1-2H3,(H,20,21)(H,22,23). The van der Waals surface area contributed by atoms with Crippen molar-refractivity contribution < 1.29 is 19.4 Å². The van der Waals surface area contributed by atoms with Crippen molar-refractivity contribution in [2.45, 2.75) is 19.1 Å². The third-order valence-corrected chi connectivity index (χ3v) is 4.48. The van der Waals surface area contributed by atoms with Crippen LogP contribution in [-0.4, -0.2) is 29.8 Å². The molecule has 2 aromatic rings. The summed E-state index contributed by atoms with van der Waals surface area (Å²) in [6.07, 6.45) is 0.225. The maximum absolute atomic E-state index is 12.3. The second kappa shape index (κ2) is 9.13. The highest BCUT2D eigenvalue weighted by Gasteiger charge is 2.10. The average Bonchev–Trinajstić information content (AvgIpc) is 2.55. The molecule has 0 saturated carbocycles. The lowest BCUT2D eigenvalue weighted by Crippen LogP contribution is -2.15. The van der Waals surface area contributed by atoms with Gasteiger partial charge in [-0.25, -0.2) is 0 Å². The molecule has 0 aliphatic heterocycles. The second-order valence-corrected chi connectivity index (χ2v) is 6.61. The summed E-state index contributed by atoms with van der Waals surface area (Å²) in [5.41, 5.74) is 3.58. The van der Waals surface area contributed by atoms with Gasteiger partial charge in [0.1, 0.15) is 5.75 Å². The molecule has 2 rings (SSSR count). The zero-order valence-corrected chi connectivity index (χ0v) is 15.1. The minimum Gasteiger partial charge on any atom is -0.496 e. The largest absolute Gasteiger partial charge is 0.496 e. The minimum atomic E-state index is -0.832. The van der Waals surface area contributed by atoms with Crippen LogP contribution in [0.2, 0.25) is 0 Å². The quantitative estimate of drug-likeness (QED) is 0.754. The number of benzene rings is 2. The van der Waals surface area contributed by atoms with Crippen molar-refractivity contribution >= 4 is 29.3 Å². The van der Waals surface area contributed by atoms with Crippen molar-refractivity contribution in [1.82, 2.24) is 0 Å². The van der Waals surface area contributed by atoms with Gasteiger partial charge in [0.15, 0.2) is 0 Å². The van der Waals surface area contributed by atoms with Gasteiger partial charge in [0.2, 0.25) is 5.91 Å². The Balaban J connectivity index is 1.98. The van der Waals surface area contributed by atoms with Crippen LogP contribution in [0.1, 0.15) is 16.7 Å². The Kier molecular flexibility index (Phi) is 6.89. The fraction of sp³-hybridized carbons (Fsp3) is 0.263. The average molecular weight is 359 g/mol. The van der Waals surface area contributed by atoms with Crippen LogP contribution in [0, 0.1) is 6.92 Å². The molecule has 0 aromatic heterocycles. The normalized spacial score (nSPS) is 10.3. The highest BCUT2D eigenvalue weighted by molar-refractivity contribution is 7.99. The van der Waals surface area contributed by atoms with Crippen LogP contribution >= 0.6 is 11.8 Å². The van der Waals surface area contributed by atoms with Crippen molar-refractivity contribution in [3.05, 3.63) is 59.2 Å². The molecule has 0 saturated heterocycles. The van der Waals surface area contributed by atoms with Crippen molar-refractivity contribution in [3.8, 4) is 5.75 Å². The van der Waals surface area contributed by atoms with E-state index < -0.39 is 5.97 Å². The minimum absolute atomic E-state index is 0.0593. The predicted octanol–water partition coefficient (Wildman–Crippen LogP) is 3.50. The molecule has 0 bridgehead atoms. The van der Waals surface area contributed by atoms with E-state index in [1.54, 1.807) is 7.11 Å². The number of aryl methyl sites for hydroxylation is 1. The Morgan fingerprint density at radius 1 is 1.20 bits per heavy atom. The molecule has 0 heterocycles. The summed E-state index contributed by atoms with van der Waals surface area (Å²) in [6, 6.07) is 13.2. The lowest BCUT2D eigenvalue weighted by molar-refractivity contribution is -0.133. The number of aliphatic carboxylic acids is 1. The number of rotatable bonds is 8. The Bertz CT molecular complexity index is 761. The maximum Gasteiger partial charge on any atom is 0.313 e. The number of ether oxygens (including phenoxy) is 1. The first-order valence-corrected chi connectivity index (χ1v) is 8.95. The fourth-order valence-electron chi connectivity index (χ4n) is 2.42. The molecule has 2 aromatic carbocycles. The zero-order valence-electron chi connectivity index (χ0n) is 14.2. The molecule has 0 fully saturated rings. The highest BCUT2D eigenvalue weighted by atomic mass is 32.2. The van der Waals surface area contributed by atoms with E-state index in [2.05, 4.69) is 5.32 Å². The molecular formula is C19H21NO4S. The predicted molar refractivity (Wildman–Crippen MR) is 100 cm³/mol. The van der Waals surface area contributed by atoms with E-state index in [1.807, 2.05) is 49.4 Å². The molecule has 0 aliphatic rings. The van der Waals surface area contributed by atoms with Crippen LogP contribution < -0.4 is 10.1 Å². The first kappa shape index (κ1) is 18.9. The first-order chi connectivity index (χ1) is 12.0. The first-order valence-electron chi connectivity index (χ1n) is 7.80. The molecule has 0 radical (unpaired) electrons. The SMILES string of the molecule is COc1ccc(C)cc1CC(=O)Nc1cccc(CSCC(=O)O)c1. The molecule has 132 valence electrons. The number of carbonyl (C=O) groups is 2. The van der Waals surface area contributed by atoms with Gasteiger partial charge in [0.05, 0.1) is 19.3 Å². The molecular weight excluding hydrogens is 338 g/mol. The molecule has 1 amide bonds. The van der Waals surface area contributed by atoms with Gasteiger partial charge in [-0.05, 0) is 30.7 Å². The Morgan fingerprint density at radius 2 is 2.00 bits per heavy atom. The lowest BCUT2D eigenvalue weighted by atomic mass is 10.1. The highest BCUT2D eigenvalue weighted by Crippen LogP contribution is 2.21.